The first-order valence-electron chi connectivity index (χ1n) is 8.71. The predicted octanol–water partition coefficient (Wildman–Crippen LogP) is 1.67. The maximum Gasteiger partial charge on any atom is 0.310 e. The fourth-order valence-corrected chi connectivity index (χ4v) is 3.67. The van der Waals surface area contributed by atoms with Gasteiger partial charge in [-0.1, -0.05) is 11.6 Å². The molecule has 1 N–H and O–H groups in total. The Bertz CT molecular complexity index is 564. The van der Waals surface area contributed by atoms with Crippen LogP contribution >= 0.6 is 0 Å². The first kappa shape index (κ1) is 18.8. The van der Waals surface area contributed by atoms with E-state index in [9.17, 15) is 9.90 Å². The minimum absolute atomic E-state index is 0.143. The number of hydrogen-bond donors (Lipinski definition) is 1. The topological polar surface area (TPSA) is 83.5 Å². The summed E-state index contributed by atoms with van der Waals surface area (Å²) in [6.45, 7) is 11.0. The fraction of sp³-hybridized carbons (Fsp3) is 0.833. The highest BCUT2D eigenvalue weighted by Gasteiger charge is 2.64. The van der Waals surface area contributed by atoms with Gasteiger partial charge in [-0.3, -0.25) is 4.79 Å². The Morgan fingerprint density at radius 2 is 1.44 bits per heavy atom. The van der Waals surface area contributed by atoms with Crippen molar-refractivity contribution in [3.63, 3.8) is 0 Å². The first-order chi connectivity index (χ1) is 11.5. The van der Waals surface area contributed by atoms with Crippen LogP contribution < -0.4 is 0 Å². The van der Waals surface area contributed by atoms with Crippen molar-refractivity contribution in [3.8, 4) is 0 Å². The van der Waals surface area contributed by atoms with E-state index in [1.165, 1.54) is 0 Å². The average molecular weight is 356 g/mol. The van der Waals surface area contributed by atoms with Crippen LogP contribution in [0, 0.1) is 0 Å². The van der Waals surface area contributed by atoms with E-state index in [1.54, 1.807) is 33.8 Å². The maximum atomic E-state index is 12.2. The molecule has 2 saturated heterocycles. The van der Waals surface area contributed by atoms with Crippen LogP contribution in [0.3, 0.4) is 0 Å². The molecule has 0 spiro atoms. The van der Waals surface area contributed by atoms with Gasteiger partial charge in [-0.2, -0.15) is 0 Å². The van der Waals surface area contributed by atoms with E-state index in [2.05, 4.69) is 0 Å². The molecule has 0 radical (unpaired) electrons. The van der Waals surface area contributed by atoms with Gasteiger partial charge < -0.3 is 28.8 Å². The number of fused-ring (bicyclic) bond motifs is 3. The summed E-state index contributed by atoms with van der Waals surface area (Å²) in [6.07, 6.45) is -2.22. The van der Waals surface area contributed by atoms with Gasteiger partial charge in [-0.15, -0.1) is 0 Å². The van der Waals surface area contributed by atoms with Gasteiger partial charge in [0.2, 0.25) is 0 Å². The lowest BCUT2D eigenvalue weighted by Gasteiger charge is -2.40. The summed E-state index contributed by atoms with van der Waals surface area (Å²) >= 11 is 0. The van der Waals surface area contributed by atoms with Gasteiger partial charge in [-0.25, -0.2) is 0 Å². The van der Waals surface area contributed by atoms with Gasteiger partial charge in [0.15, 0.2) is 17.7 Å². The van der Waals surface area contributed by atoms with E-state index < -0.39 is 54.2 Å². The molecule has 0 unspecified atom stereocenters. The quantitative estimate of drug-likeness (QED) is 0.608. The van der Waals surface area contributed by atoms with E-state index in [0.717, 1.165) is 5.57 Å². The molecule has 2 aliphatic heterocycles. The van der Waals surface area contributed by atoms with Crippen molar-refractivity contribution in [2.24, 2.45) is 0 Å². The van der Waals surface area contributed by atoms with Gasteiger partial charge >= 0.3 is 5.97 Å². The summed E-state index contributed by atoms with van der Waals surface area (Å²) in [7, 11) is 0. The SMILES string of the molecule is CC(C)=CCC(=O)O[C@@H]1[C@@H](O)[C@@H]2OC(C)(C)O[C@H]2[C@@H]2OC(C)(C)O[C@@H]21. The van der Waals surface area contributed by atoms with Crippen LogP contribution in [0.1, 0.15) is 48.0 Å². The minimum Gasteiger partial charge on any atom is -0.456 e. The van der Waals surface area contributed by atoms with Crippen LogP contribution in [-0.4, -0.2) is 59.3 Å². The predicted molar refractivity (Wildman–Crippen MR) is 87.6 cm³/mol. The standard InChI is InChI=1S/C18H28O7/c1-9(2)7-8-10(19)21-12-11(20)13-15(24-17(3,4)22-13)16-14(12)23-18(5,6)25-16/h7,11-16,20H,8H2,1-6H3/t11-,12-,13+,14-,15-,16-/m1/s1. The Morgan fingerprint density at radius 1 is 0.960 bits per heavy atom. The number of aliphatic hydroxyl groups is 1. The Kier molecular flexibility index (Phi) is 4.75. The minimum atomic E-state index is -1.05. The van der Waals surface area contributed by atoms with E-state index in [1.807, 2.05) is 13.8 Å². The molecule has 7 heteroatoms. The summed E-state index contributed by atoms with van der Waals surface area (Å²) in [6, 6.07) is 0. The molecule has 0 bridgehead atoms. The van der Waals surface area contributed by atoms with Gasteiger partial charge in [-0.05, 0) is 41.5 Å². The number of carbonyl (C=O) groups excluding carboxylic acids is 1. The lowest BCUT2D eigenvalue weighted by Crippen LogP contribution is -2.62. The first-order valence-corrected chi connectivity index (χ1v) is 8.71. The van der Waals surface area contributed by atoms with Crippen molar-refractivity contribution >= 4 is 5.97 Å². The summed E-state index contributed by atoms with van der Waals surface area (Å²) in [5.41, 5.74) is 1.02. The highest BCUT2D eigenvalue weighted by molar-refractivity contribution is 5.71. The molecule has 3 fully saturated rings. The zero-order valence-electron chi connectivity index (χ0n) is 15.6. The third kappa shape index (κ3) is 3.75. The summed E-state index contributed by atoms with van der Waals surface area (Å²) < 4.78 is 29.2. The molecule has 3 rings (SSSR count). The molecule has 1 saturated carbocycles. The van der Waals surface area contributed by atoms with Crippen molar-refractivity contribution in [3.05, 3.63) is 11.6 Å². The van der Waals surface area contributed by atoms with E-state index >= 15 is 0 Å². The number of hydrogen-bond acceptors (Lipinski definition) is 7. The van der Waals surface area contributed by atoms with E-state index in [-0.39, 0.29) is 6.42 Å². The van der Waals surface area contributed by atoms with Crippen LogP contribution in [0.25, 0.3) is 0 Å². The Morgan fingerprint density at radius 3 is 2.00 bits per heavy atom. The lowest BCUT2D eigenvalue weighted by atomic mass is 9.85. The van der Waals surface area contributed by atoms with Crippen molar-refractivity contribution in [1.82, 2.24) is 0 Å². The lowest BCUT2D eigenvalue weighted by molar-refractivity contribution is -0.198. The number of ether oxygens (including phenoxy) is 5. The monoisotopic (exact) mass is 356 g/mol. The Labute approximate surface area is 148 Å². The van der Waals surface area contributed by atoms with Gasteiger partial charge in [0.05, 0.1) is 6.42 Å². The molecule has 0 amide bonds. The Balaban J connectivity index is 1.82. The maximum absolute atomic E-state index is 12.2. The second-order valence-electron chi connectivity index (χ2n) is 8.06. The average Bonchev–Trinajstić information content (AvgIpc) is 2.97. The van der Waals surface area contributed by atoms with Crippen molar-refractivity contribution < 1.29 is 33.6 Å². The molecule has 0 aromatic rings. The molecule has 7 nitrogen and oxygen atoms in total. The number of rotatable bonds is 3. The molecule has 1 aliphatic carbocycles. The third-order valence-corrected chi connectivity index (χ3v) is 4.59. The van der Waals surface area contributed by atoms with Gasteiger partial charge in [0, 0.05) is 0 Å². The van der Waals surface area contributed by atoms with Crippen LogP contribution in [0.2, 0.25) is 0 Å². The highest BCUT2D eigenvalue weighted by Crippen LogP contribution is 2.45. The summed E-state index contributed by atoms with van der Waals surface area (Å²) in [5, 5.41) is 10.8. The number of esters is 1. The van der Waals surface area contributed by atoms with E-state index in [0.29, 0.717) is 0 Å². The molecular weight excluding hydrogens is 328 g/mol. The van der Waals surface area contributed by atoms with Crippen LogP contribution in [0.4, 0.5) is 0 Å². The molecule has 142 valence electrons. The van der Waals surface area contributed by atoms with Gasteiger partial charge in [0.25, 0.3) is 0 Å². The van der Waals surface area contributed by atoms with E-state index in [4.69, 9.17) is 23.7 Å². The van der Waals surface area contributed by atoms with Crippen molar-refractivity contribution in [1.29, 1.82) is 0 Å². The fourth-order valence-electron chi connectivity index (χ4n) is 3.67. The van der Waals surface area contributed by atoms with Gasteiger partial charge in [0.1, 0.15) is 30.5 Å². The van der Waals surface area contributed by atoms with Crippen LogP contribution in [0.5, 0.6) is 0 Å². The third-order valence-electron chi connectivity index (χ3n) is 4.59. The number of allylic oxidation sites excluding steroid dienone is 1. The summed E-state index contributed by atoms with van der Waals surface area (Å²) in [4.78, 5) is 12.2. The normalized spacial score (nSPS) is 40.9. The smallest absolute Gasteiger partial charge is 0.310 e. The van der Waals surface area contributed by atoms with Crippen molar-refractivity contribution in [2.45, 2.75) is 96.2 Å². The molecule has 3 aliphatic rings. The molecule has 0 aromatic heterocycles. The molecular formula is C18H28O7. The zero-order valence-corrected chi connectivity index (χ0v) is 15.6. The second kappa shape index (κ2) is 6.32. The highest BCUT2D eigenvalue weighted by atomic mass is 16.8. The second-order valence-corrected chi connectivity index (χ2v) is 8.06. The molecule has 25 heavy (non-hydrogen) atoms. The number of carbonyl (C=O) groups is 1. The Hall–Kier alpha value is -0.990. The number of aliphatic hydroxyl groups excluding tert-OH is 1. The molecule has 0 aromatic carbocycles. The molecule has 6 atom stereocenters. The van der Waals surface area contributed by atoms with Crippen LogP contribution in [0.15, 0.2) is 11.6 Å². The summed E-state index contributed by atoms with van der Waals surface area (Å²) in [5.74, 6) is -2.13. The zero-order chi connectivity index (χ0) is 18.6. The molecule has 2 heterocycles. The van der Waals surface area contributed by atoms with Crippen molar-refractivity contribution in [2.75, 3.05) is 0 Å². The largest absolute Gasteiger partial charge is 0.456 e. The van der Waals surface area contributed by atoms with Crippen LogP contribution in [-0.2, 0) is 28.5 Å².